The van der Waals surface area contributed by atoms with Gasteiger partial charge >= 0.3 is 0 Å². The molecule has 7 heteroatoms. The molecule has 0 aromatic heterocycles. The zero-order valence-electron chi connectivity index (χ0n) is 12.5. The highest BCUT2D eigenvalue weighted by Crippen LogP contribution is 2.33. The Bertz CT molecular complexity index is 776. The van der Waals surface area contributed by atoms with E-state index in [4.69, 9.17) is 33.3 Å². The minimum Gasteiger partial charge on any atom is -0.505 e. The second kappa shape index (κ2) is 6.71. The number of phenols is 1. The standard InChI is InChI=1S/C17H14Cl2N2O3/c18-12-7-10(8-13(19)16(12)22)17(23)21-5-6-24-15(9-21)11-3-1-2-4-14(11)20/h2,4-9,11,20,22H,1,3H2. The molecule has 1 unspecified atom stereocenters. The minimum atomic E-state index is -0.367. The van der Waals surface area contributed by atoms with Crippen LogP contribution >= 0.6 is 23.2 Å². The number of phenolic OH excluding ortho intramolecular Hbond substituents is 1. The molecule has 1 aromatic rings. The molecule has 3 rings (SSSR count). The van der Waals surface area contributed by atoms with Crippen molar-refractivity contribution in [3.05, 3.63) is 64.3 Å². The van der Waals surface area contributed by atoms with E-state index in [1.165, 1.54) is 29.5 Å². The molecule has 0 spiro atoms. The number of aromatic hydroxyl groups is 1. The lowest BCUT2D eigenvalue weighted by Gasteiger charge is -2.26. The van der Waals surface area contributed by atoms with Crippen LogP contribution in [0.5, 0.6) is 5.75 Å². The molecule has 1 aromatic carbocycles. The fourth-order valence-electron chi connectivity index (χ4n) is 2.56. The van der Waals surface area contributed by atoms with Crippen LogP contribution in [0.3, 0.4) is 0 Å². The van der Waals surface area contributed by atoms with Gasteiger partial charge in [-0.1, -0.05) is 29.3 Å². The third kappa shape index (κ3) is 3.18. The average molecular weight is 365 g/mol. The Morgan fingerprint density at radius 2 is 2.04 bits per heavy atom. The van der Waals surface area contributed by atoms with Gasteiger partial charge in [-0.2, -0.15) is 0 Å². The molecule has 1 atom stereocenters. The Morgan fingerprint density at radius 1 is 1.33 bits per heavy atom. The van der Waals surface area contributed by atoms with Crippen LogP contribution in [-0.4, -0.2) is 21.6 Å². The van der Waals surface area contributed by atoms with Gasteiger partial charge in [0.2, 0.25) is 0 Å². The molecule has 2 N–H and O–H groups in total. The van der Waals surface area contributed by atoms with E-state index in [2.05, 4.69) is 0 Å². The van der Waals surface area contributed by atoms with Gasteiger partial charge in [-0.25, -0.2) is 0 Å². The van der Waals surface area contributed by atoms with Crippen molar-refractivity contribution in [1.29, 1.82) is 5.41 Å². The molecule has 1 heterocycles. The third-order valence-corrected chi connectivity index (χ3v) is 4.40. The van der Waals surface area contributed by atoms with E-state index in [0.29, 0.717) is 11.5 Å². The van der Waals surface area contributed by atoms with Crippen molar-refractivity contribution < 1.29 is 14.6 Å². The van der Waals surface area contributed by atoms with Crippen molar-refractivity contribution in [3.63, 3.8) is 0 Å². The monoisotopic (exact) mass is 364 g/mol. The molecular formula is C17H14Cl2N2O3. The normalized spacial score (nSPS) is 19.9. The van der Waals surface area contributed by atoms with Crippen molar-refractivity contribution in [1.82, 2.24) is 4.90 Å². The van der Waals surface area contributed by atoms with Crippen LogP contribution in [0.25, 0.3) is 0 Å². The molecule has 0 saturated heterocycles. The lowest BCUT2D eigenvalue weighted by molar-refractivity contribution is 0.0851. The number of hydrogen-bond acceptors (Lipinski definition) is 4. The number of ether oxygens (including phenoxy) is 1. The number of allylic oxidation sites excluding steroid dienone is 3. The molecule has 0 saturated carbocycles. The lowest BCUT2D eigenvalue weighted by atomic mass is 9.90. The number of nitrogens with zero attached hydrogens (tertiary/aromatic N) is 1. The summed E-state index contributed by atoms with van der Waals surface area (Å²) in [6.45, 7) is 0. The predicted molar refractivity (Wildman–Crippen MR) is 92.2 cm³/mol. The summed E-state index contributed by atoms with van der Waals surface area (Å²) in [5.41, 5.74) is 0.689. The largest absolute Gasteiger partial charge is 0.505 e. The molecule has 124 valence electrons. The first-order valence-electron chi connectivity index (χ1n) is 7.28. The first-order chi connectivity index (χ1) is 11.5. The van der Waals surface area contributed by atoms with E-state index in [1.54, 1.807) is 12.3 Å². The van der Waals surface area contributed by atoms with Gasteiger partial charge in [0.05, 0.1) is 22.2 Å². The molecular weight excluding hydrogens is 351 g/mol. The summed E-state index contributed by atoms with van der Waals surface area (Å²) in [6.07, 6.45) is 9.76. The number of rotatable bonds is 2. The molecule has 5 nitrogen and oxygen atoms in total. The summed E-state index contributed by atoms with van der Waals surface area (Å²) < 4.78 is 5.49. The van der Waals surface area contributed by atoms with Crippen LogP contribution in [0, 0.1) is 11.3 Å². The first-order valence-corrected chi connectivity index (χ1v) is 8.03. The Kier molecular flexibility index (Phi) is 4.64. The van der Waals surface area contributed by atoms with Gasteiger partial charge in [-0.15, -0.1) is 0 Å². The highest BCUT2D eigenvalue weighted by atomic mass is 35.5. The maximum absolute atomic E-state index is 12.6. The number of hydrogen-bond donors (Lipinski definition) is 2. The van der Waals surface area contributed by atoms with E-state index in [-0.39, 0.29) is 33.2 Å². The molecule has 0 bridgehead atoms. The number of benzene rings is 1. The molecule has 2 aliphatic rings. The van der Waals surface area contributed by atoms with Crippen LogP contribution in [0.2, 0.25) is 10.0 Å². The van der Waals surface area contributed by atoms with Crippen molar-refractivity contribution in [2.24, 2.45) is 5.92 Å². The van der Waals surface area contributed by atoms with Gasteiger partial charge < -0.3 is 15.3 Å². The van der Waals surface area contributed by atoms with Gasteiger partial charge in [0, 0.05) is 17.5 Å². The molecule has 0 radical (unpaired) electrons. The Labute approximate surface area is 148 Å². The summed E-state index contributed by atoms with van der Waals surface area (Å²) in [7, 11) is 0. The number of carbonyl (C=O) groups excluding carboxylic acids is 1. The topological polar surface area (TPSA) is 73.6 Å². The van der Waals surface area contributed by atoms with Crippen LogP contribution < -0.4 is 0 Å². The summed E-state index contributed by atoms with van der Waals surface area (Å²) in [6, 6.07) is 2.71. The summed E-state index contributed by atoms with van der Waals surface area (Å²) in [5, 5.41) is 17.6. The molecule has 1 aliphatic carbocycles. The van der Waals surface area contributed by atoms with Crippen LogP contribution in [-0.2, 0) is 4.74 Å². The Hall–Kier alpha value is -2.24. The number of amides is 1. The predicted octanol–water partition coefficient (Wildman–Crippen LogP) is 4.47. The summed E-state index contributed by atoms with van der Waals surface area (Å²) in [4.78, 5) is 14.0. The Balaban J connectivity index is 1.87. The van der Waals surface area contributed by atoms with Gasteiger partial charge in [0.1, 0.15) is 12.0 Å². The van der Waals surface area contributed by atoms with E-state index in [1.807, 2.05) is 6.08 Å². The van der Waals surface area contributed by atoms with Gasteiger partial charge in [0.25, 0.3) is 5.91 Å². The summed E-state index contributed by atoms with van der Waals surface area (Å²) >= 11 is 11.7. The molecule has 1 amide bonds. The fourth-order valence-corrected chi connectivity index (χ4v) is 3.05. The number of carbonyl (C=O) groups is 1. The quantitative estimate of drug-likeness (QED) is 0.812. The van der Waals surface area contributed by atoms with E-state index < -0.39 is 0 Å². The van der Waals surface area contributed by atoms with Crippen LogP contribution in [0.1, 0.15) is 23.2 Å². The zero-order chi connectivity index (χ0) is 17.3. The van der Waals surface area contributed by atoms with E-state index >= 15 is 0 Å². The zero-order valence-corrected chi connectivity index (χ0v) is 14.0. The fraction of sp³-hybridized carbons (Fsp3) is 0.176. The number of halogens is 2. The van der Waals surface area contributed by atoms with Gasteiger partial charge in [0.15, 0.2) is 5.75 Å². The van der Waals surface area contributed by atoms with Crippen molar-refractivity contribution in [3.8, 4) is 5.75 Å². The Morgan fingerprint density at radius 3 is 2.71 bits per heavy atom. The van der Waals surface area contributed by atoms with Gasteiger partial charge in [-0.3, -0.25) is 9.69 Å². The van der Waals surface area contributed by atoms with Crippen LogP contribution in [0.4, 0.5) is 0 Å². The van der Waals surface area contributed by atoms with Gasteiger partial charge in [-0.05, 0) is 31.1 Å². The van der Waals surface area contributed by atoms with E-state index in [9.17, 15) is 9.90 Å². The maximum Gasteiger partial charge on any atom is 0.262 e. The molecule has 24 heavy (non-hydrogen) atoms. The highest BCUT2D eigenvalue weighted by molar-refractivity contribution is 6.37. The smallest absolute Gasteiger partial charge is 0.262 e. The summed E-state index contributed by atoms with van der Waals surface area (Å²) in [5.74, 6) is -0.266. The SMILES string of the molecule is N=C1C=CCCC1C1=CN(C(=O)c2cc(Cl)c(O)c(Cl)c2)C=CO1. The highest BCUT2D eigenvalue weighted by Gasteiger charge is 2.26. The van der Waals surface area contributed by atoms with Crippen molar-refractivity contribution in [2.75, 3.05) is 0 Å². The second-order valence-corrected chi connectivity index (χ2v) is 6.24. The second-order valence-electron chi connectivity index (χ2n) is 5.42. The minimum absolute atomic E-state index is 0.00601. The molecule has 1 aliphatic heterocycles. The maximum atomic E-state index is 12.6. The van der Waals surface area contributed by atoms with Crippen molar-refractivity contribution >= 4 is 34.8 Å². The number of nitrogens with one attached hydrogen (secondary N) is 1. The van der Waals surface area contributed by atoms with E-state index in [0.717, 1.165) is 12.8 Å². The first kappa shape index (κ1) is 16.6. The van der Waals surface area contributed by atoms with Crippen LogP contribution in [0.15, 0.2) is 48.7 Å². The lowest BCUT2D eigenvalue weighted by Crippen LogP contribution is -2.26. The third-order valence-electron chi connectivity index (χ3n) is 3.83. The average Bonchev–Trinajstić information content (AvgIpc) is 2.59. The van der Waals surface area contributed by atoms with Crippen molar-refractivity contribution in [2.45, 2.75) is 12.8 Å². The molecule has 0 fully saturated rings.